The summed E-state index contributed by atoms with van der Waals surface area (Å²) in [4.78, 5) is 11.7. The smallest absolute Gasteiger partial charge is 0.339 e. The summed E-state index contributed by atoms with van der Waals surface area (Å²) in [6, 6.07) is 4.35. The van der Waals surface area contributed by atoms with Gasteiger partial charge in [0, 0.05) is 6.04 Å². The van der Waals surface area contributed by atoms with Gasteiger partial charge in [0.2, 0.25) is 0 Å². The van der Waals surface area contributed by atoms with Crippen LogP contribution in [0.2, 0.25) is 0 Å². The number of carbonyl (C=O) groups excluding carboxylic acids is 1. The van der Waals surface area contributed by atoms with Gasteiger partial charge in [0.15, 0.2) is 0 Å². The van der Waals surface area contributed by atoms with Crippen LogP contribution in [-0.4, -0.2) is 19.1 Å². The standard InChI is InChI=1S/C16H22FNO2/c1-10-8-16(2,3)9-14(10)18-13-7-11(17)5-6-12(13)15(19)20-4/h5-7,10,14,18H,8-9H2,1-4H3. The maximum Gasteiger partial charge on any atom is 0.339 e. The molecule has 0 amide bonds. The van der Waals surface area contributed by atoms with Crippen LogP contribution in [0.3, 0.4) is 0 Å². The number of ether oxygens (including phenoxy) is 1. The molecule has 3 nitrogen and oxygen atoms in total. The van der Waals surface area contributed by atoms with Crippen LogP contribution in [0.1, 0.15) is 44.0 Å². The molecule has 0 heterocycles. The molecule has 0 aromatic heterocycles. The first-order valence-corrected chi connectivity index (χ1v) is 6.97. The molecule has 1 aliphatic rings. The van der Waals surface area contributed by atoms with Crippen LogP contribution < -0.4 is 5.32 Å². The quantitative estimate of drug-likeness (QED) is 0.854. The van der Waals surface area contributed by atoms with Gasteiger partial charge in [0.25, 0.3) is 0 Å². The predicted octanol–water partition coefficient (Wildman–Crippen LogP) is 3.85. The van der Waals surface area contributed by atoms with Gasteiger partial charge in [0.1, 0.15) is 5.82 Å². The molecule has 0 radical (unpaired) electrons. The first-order valence-electron chi connectivity index (χ1n) is 6.97. The largest absolute Gasteiger partial charge is 0.465 e. The van der Waals surface area contributed by atoms with Crippen LogP contribution in [-0.2, 0) is 4.74 Å². The maximum absolute atomic E-state index is 13.4. The van der Waals surface area contributed by atoms with E-state index in [0.29, 0.717) is 17.2 Å². The summed E-state index contributed by atoms with van der Waals surface area (Å²) in [5, 5.41) is 3.33. The summed E-state index contributed by atoms with van der Waals surface area (Å²) in [7, 11) is 1.33. The summed E-state index contributed by atoms with van der Waals surface area (Å²) in [5.41, 5.74) is 1.17. The van der Waals surface area contributed by atoms with E-state index in [-0.39, 0.29) is 17.3 Å². The van der Waals surface area contributed by atoms with Crippen molar-refractivity contribution in [2.24, 2.45) is 11.3 Å². The van der Waals surface area contributed by atoms with Crippen molar-refractivity contribution >= 4 is 11.7 Å². The number of methoxy groups -OCH3 is 1. The molecule has 2 unspecified atom stereocenters. The number of hydrogen-bond donors (Lipinski definition) is 1. The maximum atomic E-state index is 13.4. The van der Waals surface area contributed by atoms with E-state index in [1.165, 1.54) is 25.3 Å². The number of rotatable bonds is 3. The Labute approximate surface area is 119 Å². The van der Waals surface area contributed by atoms with Gasteiger partial charge >= 0.3 is 5.97 Å². The predicted molar refractivity (Wildman–Crippen MR) is 77.3 cm³/mol. The average molecular weight is 279 g/mol. The first kappa shape index (κ1) is 14.8. The fourth-order valence-electron chi connectivity index (χ4n) is 3.21. The molecule has 1 aliphatic carbocycles. The molecule has 0 bridgehead atoms. The second kappa shape index (κ2) is 5.43. The number of esters is 1. The van der Waals surface area contributed by atoms with Crippen LogP contribution in [0.15, 0.2) is 18.2 Å². The molecule has 1 aromatic carbocycles. The molecular weight excluding hydrogens is 257 g/mol. The van der Waals surface area contributed by atoms with Crippen molar-refractivity contribution in [1.29, 1.82) is 0 Å². The summed E-state index contributed by atoms with van der Waals surface area (Å²) >= 11 is 0. The fraction of sp³-hybridized carbons (Fsp3) is 0.562. The minimum absolute atomic E-state index is 0.246. The molecule has 1 fully saturated rings. The van der Waals surface area contributed by atoms with Gasteiger partial charge in [-0.1, -0.05) is 20.8 Å². The molecule has 0 saturated heterocycles. The van der Waals surface area contributed by atoms with Crippen molar-refractivity contribution in [2.45, 2.75) is 39.7 Å². The van der Waals surface area contributed by atoms with E-state index in [4.69, 9.17) is 4.74 Å². The average Bonchev–Trinajstić information content (AvgIpc) is 2.61. The molecule has 1 aromatic rings. The Morgan fingerprint density at radius 3 is 2.65 bits per heavy atom. The zero-order valence-corrected chi connectivity index (χ0v) is 12.5. The molecule has 0 spiro atoms. The number of halogens is 1. The summed E-state index contributed by atoms with van der Waals surface area (Å²) in [5.74, 6) is -0.318. The van der Waals surface area contributed by atoms with Crippen molar-refractivity contribution in [3.63, 3.8) is 0 Å². The highest BCUT2D eigenvalue weighted by Crippen LogP contribution is 2.42. The number of anilines is 1. The van der Waals surface area contributed by atoms with E-state index in [0.717, 1.165) is 12.8 Å². The van der Waals surface area contributed by atoms with Crippen molar-refractivity contribution in [3.8, 4) is 0 Å². The van der Waals surface area contributed by atoms with Crippen LogP contribution in [0.25, 0.3) is 0 Å². The highest BCUT2D eigenvalue weighted by atomic mass is 19.1. The van der Waals surface area contributed by atoms with E-state index in [2.05, 4.69) is 26.1 Å². The second-order valence-electron chi connectivity index (χ2n) is 6.48. The van der Waals surface area contributed by atoms with Gasteiger partial charge in [-0.3, -0.25) is 0 Å². The minimum atomic E-state index is -0.447. The molecule has 2 atom stereocenters. The lowest BCUT2D eigenvalue weighted by Crippen LogP contribution is -2.24. The van der Waals surface area contributed by atoms with Gasteiger partial charge < -0.3 is 10.1 Å². The Hall–Kier alpha value is -1.58. The molecule has 1 N–H and O–H groups in total. The Morgan fingerprint density at radius 1 is 1.40 bits per heavy atom. The number of hydrogen-bond acceptors (Lipinski definition) is 3. The SMILES string of the molecule is COC(=O)c1ccc(F)cc1NC1CC(C)(C)CC1C. The topological polar surface area (TPSA) is 38.3 Å². The van der Waals surface area contributed by atoms with Gasteiger partial charge in [0.05, 0.1) is 18.4 Å². The molecular formula is C16H22FNO2. The van der Waals surface area contributed by atoms with Gasteiger partial charge in [-0.15, -0.1) is 0 Å². The summed E-state index contributed by atoms with van der Waals surface area (Å²) in [6.45, 7) is 6.65. The highest BCUT2D eigenvalue weighted by Gasteiger charge is 2.37. The third-order valence-electron chi connectivity index (χ3n) is 4.06. The van der Waals surface area contributed by atoms with Crippen molar-refractivity contribution in [3.05, 3.63) is 29.6 Å². The normalized spacial score (nSPS) is 24.4. The molecule has 20 heavy (non-hydrogen) atoms. The molecule has 0 aliphatic heterocycles. The minimum Gasteiger partial charge on any atom is -0.465 e. The van der Waals surface area contributed by atoms with Gasteiger partial charge in [-0.2, -0.15) is 0 Å². The molecule has 110 valence electrons. The lowest BCUT2D eigenvalue weighted by Gasteiger charge is -2.21. The van der Waals surface area contributed by atoms with E-state index < -0.39 is 5.97 Å². The van der Waals surface area contributed by atoms with Crippen LogP contribution in [0.5, 0.6) is 0 Å². The van der Waals surface area contributed by atoms with Crippen molar-refractivity contribution < 1.29 is 13.9 Å². The number of carbonyl (C=O) groups is 1. The Balaban J connectivity index is 2.25. The summed E-state index contributed by atoms with van der Waals surface area (Å²) < 4.78 is 18.2. The lowest BCUT2D eigenvalue weighted by atomic mass is 9.91. The van der Waals surface area contributed by atoms with Gasteiger partial charge in [-0.05, 0) is 42.4 Å². The Kier molecular flexibility index (Phi) is 4.02. The monoisotopic (exact) mass is 279 g/mol. The molecule has 2 rings (SSSR count). The molecule has 1 saturated carbocycles. The Bertz CT molecular complexity index is 513. The Morgan fingerprint density at radius 2 is 2.10 bits per heavy atom. The number of benzene rings is 1. The number of nitrogens with one attached hydrogen (secondary N) is 1. The fourth-order valence-corrected chi connectivity index (χ4v) is 3.21. The first-order chi connectivity index (χ1) is 9.32. The zero-order valence-electron chi connectivity index (χ0n) is 12.5. The van der Waals surface area contributed by atoms with E-state index >= 15 is 0 Å². The highest BCUT2D eigenvalue weighted by molar-refractivity contribution is 5.95. The summed E-state index contributed by atoms with van der Waals surface area (Å²) in [6.07, 6.45) is 2.12. The third-order valence-corrected chi connectivity index (χ3v) is 4.06. The van der Waals surface area contributed by atoms with E-state index in [1.807, 2.05) is 0 Å². The van der Waals surface area contributed by atoms with Gasteiger partial charge in [-0.25, -0.2) is 9.18 Å². The third kappa shape index (κ3) is 3.11. The molecule has 4 heteroatoms. The zero-order chi connectivity index (χ0) is 14.9. The van der Waals surface area contributed by atoms with E-state index in [1.54, 1.807) is 0 Å². The van der Waals surface area contributed by atoms with Crippen molar-refractivity contribution in [1.82, 2.24) is 0 Å². The van der Waals surface area contributed by atoms with E-state index in [9.17, 15) is 9.18 Å². The lowest BCUT2D eigenvalue weighted by molar-refractivity contribution is 0.0601. The van der Waals surface area contributed by atoms with Crippen LogP contribution >= 0.6 is 0 Å². The van der Waals surface area contributed by atoms with Crippen molar-refractivity contribution in [2.75, 3.05) is 12.4 Å². The second-order valence-corrected chi connectivity index (χ2v) is 6.48. The van der Waals surface area contributed by atoms with Crippen LogP contribution in [0, 0.1) is 17.2 Å². The van der Waals surface area contributed by atoms with Crippen LogP contribution in [0.4, 0.5) is 10.1 Å².